The summed E-state index contributed by atoms with van der Waals surface area (Å²) in [7, 11) is -9.51. The number of rotatable bonds is 5. The van der Waals surface area contributed by atoms with Gasteiger partial charge in [-0.1, -0.05) is 19.4 Å². The molecule has 3 aromatic rings. The van der Waals surface area contributed by atoms with Gasteiger partial charge in [-0.2, -0.15) is 0 Å². The van der Waals surface area contributed by atoms with Gasteiger partial charge in [-0.25, -0.2) is 4.98 Å². The average Bonchev–Trinajstić information content (AvgIpc) is 3.20. The first kappa shape index (κ1) is 22.2. The molecule has 1 saturated heterocycles. The Hall–Kier alpha value is -3.00. The molecule has 1 atom stereocenters. The lowest BCUT2D eigenvalue weighted by atomic mass is 10.1. The Balaban J connectivity index is 1.63. The number of aromatic nitrogens is 3. The van der Waals surface area contributed by atoms with E-state index in [2.05, 4.69) is 25.8 Å². The maximum absolute atomic E-state index is 12.9. The Morgan fingerprint density at radius 1 is 1.12 bits per heavy atom. The van der Waals surface area contributed by atoms with Crippen molar-refractivity contribution in [3.8, 4) is 11.5 Å². The standard InChI is InChI=1S/C18H16F5N5O2SSi/c1-18(16(29)25-9-10-32-18)17-28-27-15(30-17)13-3-2-8-24-14(13)26-11-4-6-12(7-5-11)31(19,20,21,22)23/h2-8H,9-10H2,1H3,(H,24,26)(H,25,29)/t18-/m1/s1. The zero-order chi connectivity index (χ0) is 23.3. The summed E-state index contributed by atoms with van der Waals surface area (Å²) in [5.41, 5.74) is 0.418. The molecule has 1 amide bonds. The van der Waals surface area contributed by atoms with Crippen molar-refractivity contribution in [3.05, 3.63) is 48.5 Å². The van der Waals surface area contributed by atoms with Gasteiger partial charge in [0, 0.05) is 18.4 Å². The molecule has 3 heterocycles. The first-order valence-electron chi connectivity index (χ1n) is 9.20. The van der Waals surface area contributed by atoms with Crippen molar-refractivity contribution in [1.29, 1.82) is 0 Å². The van der Waals surface area contributed by atoms with Gasteiger partial charge in [-0.15, -0.1) is 10.2 Å². The van der Waals surface area contributed by atoms with E-state index in [1.54, 1.807) is 19.1 Å². The van der Waals surface area contributed by atoms with Crippen molar-refractivity contribution in [2.45, 2.75) is 22.9 Å². The molecule has 14 heteroatoms. The van der Waals surface area contributed by atoms with Crippen LogP contribution in [0.4, 0.5) is 30.9 Å². The van der Waals surface area contributed by atoms with Crippen molar-refractivity contribution in [2.75, 3.05) is 11.9 Å². The summed E-state index contributed by atoms with van der Waals surface area (Å²) in [6, 6.07) is 6.30. The zero-order valence-corrected chi connectivity index (χ0v) is 18.2. The SMILES string of the molecule is C[C@@]1(c2nnc(-c3cccnc3Nc3ccc(S(F)(F)(F)(F)F)cc3)o2)[Si]CCNC1=O. The fourth-order valence-corrected chi connectivity index (χ4v) is 4.96. The molecular weight excluding hydrogens is 473 g/mol. The van der Waals surface area contributed by atoms with E-state index in [9.17, 15) is 24.2 Å². The number of anilines is 2. The number of nitrogens with zero attached hydrogens (tertiary/aromatic N) is 3. The molecule has 0 aliphatic carbocycles. The van der Waals surface area contributed by atoms with Crippen LogP contribution >= 0.6 is 10.2 Å². The van der Waals surface area contributed by atoms with Gasteiger partial charge in [0.2, 0.25) is 11.8 Å². The lowest BCUT2D eigenvalue weighted by Crippen LogP contribution is -2.51. The average molecular weight is 490 g/mol. The number of amides is 1. The highest BCUT2D eigenvalue weighted by atomic mass is 32.5. The van der Waals surface area contributed by atoms with Gasteiger partial charge >= 0.3 is 10.2 Å². The molecule has 2 N–H and O–H groups in total. The molecule has 2 aromatic heterocycles. The first-order chi connectivity index (χ1) is 14.8. The third-order valence-corrected chi connectivity index (χ3v) is 7.61. The predicted octanol–water partition coefficient (Wildman–Crippen LogP) is 5.00. The highest BCUT2D eigenvalue weighted by Gasteiger charge is 2.65. The molecule has 7 nitrogen and oxygen atoms in total. The predicted molar refractivity (Wildman–Crippen MR) is 110 cm³/mol. The van der Waals surface area contributed by atoms with Gasteiger partial charge in [0.15, 0.2) is 0 Å². The Morgan fingerprint density at radius 3 is 2.50 bits per heavy atom. The van der Waals surface area contributed by atoms with E-state index in [1.165, 1.54) is 6.20 Å². The second-order valence-electron chi connectivity index (χ2n) is 7.24. The molecule has 2 radical (unpaired) electrons. The Bertz CT molecular complexity index is 1190. The maximum Gasteiger partial charge on any atom is 0.310 e. The van der Waals surface area contributed by atoms with Crippen molar-refractivity contribution in [1.82, 2.24) is 20.5 Å². The number of halogens is 5. The van der Waals surface area contributed by atoms with E-state index in [-0.39, 0.29) is 38.7 Å². The number of hydrogen-bond acceptors (Lipinski definition) is 6. The third-order valence-electron chi connectivity index (χ3n) is 4.80. The molecular formula is C18H16F5N5O2SSi. The summed E-state index contributed by atoms with van der Waals surface area (Å²) in [6.07, 6.45) is 1.42. The van der Waals surface area contributed by atoms with Crippen LogP contribution in [0.3, 0.4) is 0 Å². The number of carbonyl (C=O) groups excluding carboxylic acids is 1. The lowest BCUT2D eigenvalue weighted by Gasteiger charge is -2.40. The summed E-state index contributed by atoms with van der Waals surface area (Å²) in [5, 5.41) is 12.6. The summed E-state index contributed by atoms with van der Waals surface area (Å²) < 4.78 is 70.3. The van der Waals surface area contributed by atoms with Gasteiger partial charge < -0.3 is 15.1 Å². The normalized spacial score (nSPS) is 21.4. The van der Waals surface area contributed by atoms with Gasteiger partial charge in [-0.3, -0.25) is 4.79 Å². The fourth-order valence-electron chi connectivity index (χ4n) is 3.06. The monoisotopic (exact) mass is 489 g/mol. The highest BCUT2D eigenvalue weighted by Crippen LogP contribution is 3.02. The van der Waals surface area contributed by atoms with Crippen LogP contribution in [-0.2, 0) is 9.83 Å². The molecule has 0 saturated carbocycles. The summed E-state index contributed by atoms with van der Waals surface area (Å²) in [5.74, 6) is 0.121. The number of hydrogen-bond donors (Lipinski definition) is 2. The molecule has 170 valence electrons. The van der Waals surface area contributed by atoms with Gasteiger partial charge in [0.05, 0.1) is 15.1 Å². The Labute approximate surface area is 181 Å². The zero-order valence-electron chi connectivity index (χ0n) is 16.4. The van der Waals surface area contributed by atoms with Crippen LogP contribution in [0, 0.1) is 0 Å². The van der Waals surface area contributed by atoms with Gasteiger partial charge in [0.1, 0.15) is 15.8 Å². The highest BCUT2D eigenvalue weighted by molar-refractivity contribution is 8.45. The second kappa shape index (κ2) is 6.75. The summed E-state index contributed by atoms with van der Waals surface area (Å²) in [6.45, 7) is 2.28. The molecule has 4 rings (SSSR count). The fraction of sp³-hybridized carbons (Fsp3) is 0.222. The van der Waals surface area contributed by atoms with Crippen LogP contribution in [0.1, 0.15) is 12.8 Å². The topological polar surface area (TPSA) is 92.9 Å². The number of carbonyl (C=O) groups is 1. The van der Waals surface area contributed by atoms with Crippen molar-refractivity contribution in [2.24, 2.45) is 0 Å². The molecule has 1 fully saturated rings. The summed E-state index contributed by atoms with van der Waals surface area (Å²) in [4.78, 5) is 14.5. The smallest absolute Gasteiger partial charge is 0.310 e. The number of benzene rings is 1. The van der Waals surface area contributed by atoms with E-state index in [0.717, 1.165) is 18.2 Å². The first-order valence-corrected chi connectivity index (χ1v) is 12.4. The minimum Gasteiger partial charge on any atom is -0.420 e. The quantitative estimate of drug-likeness (QED) is 0.387. The van der Waals surface area contributed by atoms with E-state index in [4.69, 9.17) is 4.42 Å². The van der Waals surface area contributed by atoms with Crippen LogP contribution in [0.15, 0.2) is 51.9 Å². The largest absolute Gasteiger partial charge is 0.420 e. The van der Waals surface area contributed by atoms with Crippen molar-refractivity contribution in [3.63, 3.8) is 0 Å². The molecule has 1 aromatic carbocycles. The van der Waals surface area contributed by atoms with E-state index < -0.39 is 20.2 Å². The van der Waals surface area contributed by atoms with Gasteiger partial charge in [-0.05, 0) is 49.4 Å². The molecule has 32 heavy (non-hydrogen) atoms. The van der Waals surface area contributed by atoms with Crippen molar-refractivity contribution >= 4 is 37.2 Å². The number of pyridine rings is 1. The van der Waals surface area contributed by atoms with Crippen molar-refractivity contribution < 1.29 is 28.6 Å². The van der Waals surface area contributed by atoms with Crippen LogP contribution in [0.25, 0.3) is 11.5 Å². The molecule has 0 bridgehead atoms. The lowest BCUT2D eigenvalue weighted by molar-refractivity contribution is -0.124. The van der Waals surface area contributed by atoms with Crippen LogP contribution in [0.5, 0.6) is 0 Å². The van der Waals surface area contributed by atoms with Crippen LogP contribution in [0.2, 0.25) is 6.04 Å². The maximum atomic E-state index is 12.9. The second-order valence-corrected chi connectivity index (χ2v) is 11.5. The molecule has 0 spiro atoms. The Morgan fingerprint density at radius 2 is 1.84 bits per heavy atom. The Kier molecular flexibility index (Phi) is 4.68. The van der Waals surface area contributed by atoms with Crippen LogP contribution in [-0.4, -0.2) is 37.2 Å². The minimum absolute atomic E-state index is 0.0450. The van der Waals surface area contributed by atoms with Gasteiger partial charge in [0.25, 0.3) is 5.89 Å². The summed E-state index contributed by atoms with van der Waals surface area (Å²) >= 11 is 0. The molecule has 1 aliphatic rings. The third kappa shape index (κ3) is 4.32. The van der Waals surface area contributed by atoms with Crippen LogP contribution < -0.4 is 10.6 Å². The molecule has 0 unspecified atom stereocenters. The molecule has 1 aliphatic heterocycles. The minimum atomic E-state index is -9.76. The number of nitrogens with one attached hydrogen (secondary N) is 2. The van der Waals surface area contributed by atoms with E-state index >= 15 is 0 Å². The van der Waals surface area contributed by atoms with E-state index in [1.807, 2.05) is 0 Å². The van der Waals surface area contributed by atoms with E-state index in [0.29, 0.717) is 24.2 Å².